The van der Waals surface area contributed by atoms with Gasteiger partial charge in [-0.2, -0.15) is 0 Å². The Labute approximate surface area is 116 Å². The summed E-state index contributed by atoms with van der Waals surface area (Å²) in [5, 5.41) is 0. The molecule has 0 spiro atoms. The van der Waals surface area contributed by atoms with E-state index in [-0.39, 0.29) is 5.54 Å². The van der Waals surface area contributed by atoms with Crippen LogP contribution < -0.4 is 5.73 Å². The lowest BCUT2D eigenvalue weighted by atomic mass is 9.91. The van der Waals surface area contributed by atoms with Crippen molar-refractivity contribution in [1.29, 1.82) is 0 Å². The molecule has 0 amide bonds. The monoisotopic (exact) mass is 311 g/mol. The molecule has 0 radical (unpaired) electrons. The minimum absolute atomic E-state index is 0.177. The van der Waals surface area contributed by atoms with Crippen molar-refractivity contribution in [3.05, 3.63) is 34.3 Å². The molecule has 98 valence electrons. The summed E-state index contributed by atoms with van der Waals surface area (Å²) >= 11 is 3.45. The second-order valence-corrected chi connectivity index (χ2v) is 5.52. The Bertz CT molecular complexity index is 446. The largest absolute Gasteiger partial charge is 0.383 e. The summed E-state index contributed by atoms with van der Waals surface area (Å²) in [4.78, 5) is 6.49. The van der Waals surface area contributed by atoms with Gasteiger partial charge in [0.25, 0.3) is 0 Å². The normalized spacial score (nSPS) is 23.3. The summed E-state index contributed by atoms with van der Waals surface area (Å²) in [6, 6.07) is 8.31. The minimum Gasteiger partial charge on any atom is -0.383 e. The number of hydrogen-bond donors (Lipinski definition) is 1. The highest BCUT2D eigenvalue weighted by Gasteiger charge is 2.39. The molecule has 2 rings (SSSR count). The molecule has 4 nitrogen and oxygen atoms in total. The molecule has 1 aliphatic rings. The highest BCUT2D eigenvalue weighted by Crippen LogP contribution is 2.32. The number of nitrogens with zero attached hydrogens (tertiary/aromatic N) is 2. The number of ether oxygens (including phenoxy) is 1. The third kappa shape index (κ3) is 2.37. The number of aliphatic imine (C=N–C) groups is 1. The zero-order chi connectivity index (χ0) is 13.2. The molecule has 2 N–H and O–H groups in total. The summed E-state index contributed by atoms with van der Waals surface area (Å²) in [5.41, 5.74) is 7.01. The Balaban J connectivity index is 2.26. The van der Waals surface area contributed by atoms with Crippen LogP contribution in [0.25, 0.3) is 0 Å². The standard InChI is InChI=1S/C13H18BrN3O/c1-13(10-3-5-11(14)6-4-10)9-16-12(15)17(13)7-8-18-2/h3-6H,7-9H2,1-2H3,(H2,15,16). The molecule has 1 aromatic carbocycles. The van der Waals surface area contributed by atoms with Crippen LogP contribution >= 0.6 is 15.9 Å². The average Bonchev–Trinajstić information content (AvgIpc) is 2.65. The van der Waals surface area contributed by atoms with Crippen LogP contribution in [0.4, 0.5) is 0 Å². The third-order valence-electron chi connectivity index (χ3n) is 3.41. The maximum absolute atomic E-state index is 5.97. The first kappa shape index (κ1) is 13.4. The summed E-state index contributed by atoms with van der Waals surface area (Å²) in [6.07, 6.45) is 0. The lowest BCUT2D eigenvalue weighted by Gasteiger charge is -2.36. The fourth-order valence-corrected chi connectivity index (χ4v) is 2.52. The smallest absolute Gasteiger partial charge is 0.192 e. The first-order valence-electron chi connectivity index (χ1n) is 5.90. The van der Waals surface area contributed by atoms with Crippen molar-refractivity contribution in [1.82, 2.24) is 4.90 Å². The summed E-state index contributed by atoms with van der Waals surface area (Å²) in [5.74, 6) is 0.595. The lowest BCUT2D eigenvalue weighted by molar-refractivity contribution is 0.137. The molecule has 18 heavy (non-hydrogen) atoms. The van der Waals surface area contributed by atoms with E-state index in [9.17, 15) is 0 Å². The van der Waals surface area contributed by atoms with Crippen LogP contribution in [0.15, 0.2) is 33.7 Å². The number of guanidine groups is 1. The van der Waals surface area contributed by atoms with Gasteiger partial charge in [-0.05, 0) is 24.6 Å². The van der Waals surface area contributed by atoms with Gasteiger partial charge < -0.3 is 15.4 Å². The Morgan fingerprint density at radius 2 is 2.11 bits per heavy atom. The predicted molar refractivity (Wildman–Crippen MR) is 76.6 cm³/mol. The van der Waals surface area contributed by atoms with Crippen LogP contribution in [0.5, 0.6) is 0 Å². The highest BCUT2D eigenvalue weighted by molar-refractivity contribution is 9.10. The van der Waals surface area contributed by atoms with Gasteiger partial charge in [0.15, 0.2) is 5.96 Å². The van der Waals surface area contributed by atoms with Crippen molar-refractivity contribution in [3.63, 3.8) is 0 Å². The summed E-state index contributed by atoms with van der Waals surface area (Å²) < 4.78 is 6.21. The molecule has 1 aliphatic heterocycles. The van der Waals surface area contributed by atoms with Crippen LogP contribution in [-0.4, -0.2) is 37.7 Å². The van der Waals surface area contributed by atoms with Gasteiger partial charge in [0.1, 0.15) is 0 Å². The van der Waals surface area contributed by atoms with Gasteiger partial charge in [-0.1, -0.05) is 28.1 Å². The van der Waals surface area contributed by atoms with E-state index in [1.165, 1.54) is 5.56 Å². The van der Waals surface area contributed by atoms with E-state index in [2.05, 4.69) is 44.9 Å². The number of hydrogen-bond acceptors (Lipinski definition) is 4. The number of rotatable bonds is 4. The SMILES string of the molecule is COCCN1C(N)=NCC1(C)c1ccc(Br)cc1. The zero-order valence-electron chi connectivity index (χ0n) is 10.7. The van der Waals surface area contributed by atoms with Crippen LogP contribution in [-0.2, 0) is 10.3 Å². The van der Waals surface area contributed by atoms with E-state index in [1.807, 2.05) is 12.1 Å². The first-order chi connectivity index (χ1) is 8.58. The number of nitrogens with two attached hydrogens (primary N) is 1. The van der Waals surface area contributed by atoms with Crippen molar-refractivity contribution in [3.8, 4) is 0 Å². The van der Waals surface area contributed by atoms with E-state index in [0.29, 0.717) is 19.1 Å². The Morgan fingerprint density at radius 3 is 2.72 bits per heavy atom. The molecule has 5 heteroatoms. The number of benzene rings is 1. The Hall–Kier alpha value is -1.07. The fourth-order valence-electron chi connectivity index (χ4n) is 2.26. The van der Waals surface area contributed by atoms with Crippen molar-refractivity contribution >= 4 is 21.9 Å². The van der Waals surface area contributed by atoms with Crippen molar-refractivity contribution in [2.24, 2.45) is 10.7 Å². The van der Waals surface area contributed by atoms with Gasteiger partial charge >= 0.3 is 0 Å². The van der Waals surface area contributed by atoms with E-state index >= 15 is 0 Å². The van der Waals surface area contributed by atoms with Gasteiger partial charge in [0.05, 0.1) is 18.7 Å². The predicted octanol–water partition coefficient (Wildman–Crippen LogP) is 1.94. The highest BCUT2D eigenvalue weighted by atomic mass is 79.9. The molecule has 0 aliphatic carbocycles. The molecule has 0 bridgehead atoms. The molecule has 1 aromatic rings. The van der Waals surface area contributed by atoms with Crippen LogP contribution in [0.3, 0.4) is 0 Å². The molecule has 0 saturated carbocycles. The van der Waals surface area contributed by atoms with Crippen molar-refractivity contribution in [2.75, 3.05) is 26.8 Å². The topological polar surface area (TPSA) is 50.9 Å². The number of halogens is 1. The zero-order valence-corrected chi connectivity index (χ0v) is 12.3. The lowest BCUT2D eigenvalue weighted by Crippen LogP contribution is -2.48. The third-order valence-corrected chi connectivity index (χ3v) is 3.94. The maximum Gasteiger partial charge on any atom is 0.192 e. The molecule has 0 saturated heterocycles. The molecule has 0 fully saturated rings. The second kappa shape index (κ2) is 5.28. The molecule has 1 heterocycles. The molecular weight excluding hydrogens is 294 g/mol. The van der Waals surface area contributed by atoms with Crippen LogP contribution in [0.1, 0.15) is 12.5 Å². The summed E-state index contributed by atoms with van der Waals surface area (Å²) in [6.45, 7) is 4.24. The van der Waals surface area contributed by atoms with Gasteiger partial charge in [-0.15, -0.1) is 0 Å². The van der Waals surface area contributed by atoms with E-state index < -0.39 is 0 Å². The van der Waals surface area contributed by atoms with E-state index in [1.54, 1.807) is 7.11 Å². The maximum atomic E-state index is 5.97. The van der Waals surface area contributed by atoms with Crippen molar-refractivity contribution in [2.45, 2.75) is 12.5 Å². The van der Waals surface area contributed by atoms with Gasteiger partial charge in [0.2, 0.25) is 0 Å². The van der Waals surface area contributed by atoms with Crippen LogP contribution in [0.2, 0.25) is 0 Å². The summed E-state index contributed by atoms with van der Waals surface area (Å²) in [7, 11) is 1.69. The molecule has 0 aromatic heterocycles. The number of methoxy groups -OCH3 is 1. The van der Waals surface area contributed by atoms with Gasteiger partial charge in [-0.3, -0.25) is 4.99 Å². The molecular formula is C13H18BrN3O. The average molecular weight is 312 g/mol. The van der Waals surface area contributed by atoms with E-state index in [0.717, 1.165) is 11.0 Å². The minimum atomic E-state index is -0.177. The van der Waals surface area contributed by atoms with Crippen molar-refractivity contribution < 1.29 is 4.74 Å². The molecule has 1 atom stereocenters. The molecule has 1 unspecified atom stereocenters. The van der Waals surface area contributed by atoms with Gasteiger partial charge in [-0.25, -0.2) is 0 Å². The first-order valence-corrected chi connectivity index (χ1v) is 6.70. The quantitative estimate of drug-likeness (QED) is 0.924. The fraction of sp³-hybridized carbons (Fsp3) is 0.462. The Kier molecular flexibility index (Phi) is 3.92. The second-order valence-electron chi connectivity index (χ2n) is 4.60. The van der Waals surface area contributed by atoms with Crippen LogP contribution in [0, 0.1) is 0 Å². The van der Waals surface area contributed by atoms with E-state index in [4.69, 9.17) is 10.5 Å². The van der Waals surface area contributed by atoms with Gasteiger partial charge in [0, 0.05) is 18.1 Å². The Morgan fingerprint density at radius 1 is 1.44 bits per heavy atom.